The minimum absolute atomic E-state index is 0.0194. The van der Waals surface area contributed by atoms with Gasteiger partial charge < -0.3 is 38.3 Å². The van der Waals surface area contributed by atoms with Crippen molar-refractivity contribution in [3.63, 3.8) is 0 Å². The largest absolute Gasteiger partial charge is 0.480 e. The Morgan fingerprint density at radius 3 is 1.81 bits per heavy atom. The first-order valence-electron chi connectivity index (χ1n) is 9.37. The van der Waals surface area contributed by atoms with Gasteiger partial charge in [-0.15, -0.1) is 0 Å². The molecule has 176 valence electrons. The van der Waals surface area contributed by atoms with E-state index in [0.717, 1.165) is 0 Å². The standard InChI is InChI=1S/C17H30N6O7S/c1-7(2)13(17(29)30)23-16(28)10(5-12(20)25)22-15(27)9(3-4-11(19)24)21-14(26)8(18)6-31/h7-10,13,31H,3-6,18H2,1-2H3,(H2,19,24)(H2,20,25)(H,21,26)(H,22,27)(H,23,28)(H,29,30). The quantitative estimate of drug-likeness (QED) is 0.121. The number of hydrogen-bond donors (Lipinski definition) is 8. The number of thiol groups is 1. The average Bonchev–Trinajstić information content (AvgIpc) is 2.66. The van der Waals surface area contributed by atoms with E-state index in [1.54, 1.807) is 13.8 Å². The van der Waals surface area contributed by atoms with Crippen LogP contribution in [0.25, 0.3) is 0 Å². The van der Waals surface area contributed by atoms with Crippen LogP contribution < -0.4 is 33.2 Å². The van der Waals surface area contributed by atoms with E-state index in [4.69, 9.17) is 17.2 Å². The van der Waals surface area contributed by atoms with Crippen LogP contribution in [0.15, 0.2) is 0 Å². The molecule has 0 aromatic carbocycles. The van der Waals surface area contributed by atoms with Crippen molar-refractivity contribution in [2.45, 2.75) is 57.3 Å². The van der Waals surface area contributed by atoms with Crippen molar-refractivity contribution >= 4 is 48.1 Å². The molecule has 0 saturated heterocycles. The molecule has 0 aliphatic rings. The summed E-state index contributed by atoms with van der Waals surface area (Å²) in [4.78, 5) is 71.0. The molecule has 0 aromatic rings. The van der Waals surface area contributed by atoms with Crippen LogP contribution in [0.4, 0.5) is 0 Å². The lowest BCUT2D eigenvalue weighted by molar-refractivity contribution is -0.143. The van der Waals surface area contributed by atoms with E-state index in [1.807, 2.05) is 0 Å². The first-order valence-corrected chi connectivity index (χ1v) is 10.00. The number of nitrogens with two attached hydrogens (primary N) is 3. The van der Waals surface area contributed by atoms with Gasteiger partial charge >= 0.3 is 5.97 Å². The van der Waals surface area contributed by atoms with Crippen molar-refractivity contribution in [3.05, 3.63) is 0 Å². The molecule has 0 aliphatic heterocycles. The van der Waals surface area contributed by atoms with E-state index in [9.17, 15) is 33.9 Å². The van der Waals surface area contributed by atoms with Crippen LogP contribution in [0.1, 0.15) is 33.1 Å². The lowest BCUT2D eigenvalue weighted by atomic mass is 10.0. The van der Waals surface area contributed by atoms with Gasteiger partial charge in [-0.3, -0.25) is 24.0 Å². The number of nitrogens with one attached hydrogen (secondary N) is 3. The van der Waals surface area contributed by atoms with E-state index < -0.39 is 72.0 Å². The molecular formula is C17H30N6O7S. The van der Waals surface area contributed by atoms with Crippen LogP contribution in [-0.4, -0.2) is 70.5 Å². The number of amides is 5. The SMILES string of the molecule is CC(C)C(NC(=O)C(CC(N)=O)NC(=O)C(CCC(N)=O)NC(=O)C(N)CS)C(=O)O. The molecule has 4 unspecified atom stereocenters. The summed E-state index contributed by atoms with van der Waals surface area (Å²) >= 11 is 3.89. The van der Waals surface area contributed by atoms with Gasteiger partial charge in [-0.05, 0) is 12.3 Å². The molecule has 13 nitrogen and oxygen atoms in total. The Hall–Kier alpha value is -2.87. The van der Waals surface area contributed by atoms with E-state index in [1.165, 1.54) is 0 Å². The van der Waals surface area contributed by atoms with E-state index >= 15 is 0 Å². The summed E-state index contributed by atoms with van der Waals surface area (Å²) in [5.74, 6) is -6.10. The normalized spacial score (nSPS) is 14.6. The predicted octanol–water partition coefficient (Wildman–Crippen LogP) is -3.42. The second-order valence-electron chi connectivity index (χ2n) is 7.16. The minimum atomic E-state index is -1.52. The zero-order chi connectivity index (χ0) is 24.3. The first kappa shape index (κ1) is 28.1. The van der Waals surface area contributed by atoms with Crippen LogP contribution >= 0.6 is 12.6 Å². The number of hydrogen-bond acceptors (Lipinski definition) is 8. The van der Waals surface area contributed by atoms with Crippen molar-refractivity contribution in [1.29, 1.82) is 0 Å². The fourth-order valence-corrected chi connectivity index (χ4v) is 2.53. The first-order chi connectivity index (χ1) is 14.3. The number of carboxylic acid groups (broad SMARTS) is 1. The molecule has 0 saturated carbocycles. The molecule has 0 fully saturated rings. The monoisotopic (exact) mass is 462 g/mol. The van der Waals surface area contributed by atoms with Crippen LogP contribution in [0.5, 0.6) is 0 Å². The smallest absolute Gasteiger partial charge is 0.326 e. The molecule has 14 heteroatoms. The maximum atomic E-state index is 12.7. The highest BCUT2D eigenvalue weighted by atomic mass is 32.1. The highest BCUT2D eigenvalue weighted by Crippen LogP contribution is 2.05. The summed E-state index contributed by atoms with van der Waals surface area (Å²) in [6, 6.07) is -5.15. The third-order valence-corrected chi connectivity index (χ3v) is 4.51. The summed E-state index contributed by atoms with van der Waals surface area (Å²) in [5, 5.41) is 16.0. The molecule has 0 spiro atoms. The van der Waals surface area contributed by atoms with Crippen LogP contribution in [0.3, 0.4) is 0 Å². The molecule has 0 bridgehead atoms. The molecular weight excluding hydrogens is 432 g/mol. The second-order valence-corrected chi connectivity index (χ2v) is 7.52. The fourth-order valence-electron chi connectivity index (χ4n) is 2.37. The van der Waals surface area contributed by atoms with Gasteiger partial charge in [0.25, 0.3) is 0 Å². The summed E-state index contributed by atoms with van der Waals surface area (Å²) < 4.78 is 0. The zero-order valence-corrected chi connectivity index (χ0v) is 18.2. The third-order valence-electron chi connectivity index (χ3n) is 4.11. The van der Waals surface area contributed by atoms with Crippen molar-refractivity contribution in [2.24, 2.45) is 23.1 Å². The zero-order valence-electron chi connectivity index (χ0n) is 17.3. The third kappa shape index (κ3) is 10.6. The Kier molecular flexibility index (Phi) is 12.2. The van der Waals surface area contributed by atoms with Crippen LogP contribution in [-0.2, 0) is 28.8 Å². The van der Waals surface area contributed by atoms with Crippen LogP contribution in [0, 0.1) is 5.92 Å². The van der Waals surface area contributed by atoms with Crippen molar-refractivity contribution in [1.82, 2.24) is 16.0 Å². The predicted molar refractivity (Wildman–Crippen MR) is 112 cm³/mol. The molecule has 0 aromatic heterocycles. The Balaban J connectivity index is 5.53. The summed E-state index contributed by atoms with van der Waals surface area (Å²) in [6.45, 7) is 3.11. The Morgan fingerprint density at radius 1 is 0.871 bits per heavy atom. The molecule has 0 radical (unpaired) electrons. The van der Waals surface area contributed by atoms with Gasteiger partial charge in [0, 0.05) is 12.2 Å². The van der Waals surface area contributed by atoms with E-state index in [2.05, 4.69) is 28.6 Å². The Labute approximate surface area is 184 Å². The minimum Gasteiger partial charge on any atom is -0.480 e. The lowest BCUT2D eigenvalue weighted by Gasteiger charge is -2.25. The molecule has 0 heterocycles. The van der Waals surface area contributed by atoms with Gasteiger partial charge in [0.15, 0.2) is 0 Å². The van der Waals surface area contributed by atoms with Gasteiger partial charge in [-0.2, -0.15) is 12.6 Å². The Bertz CT molecular complexity index is 702. The maximum absolute atomic E-state index is 12.7. The highest BCUT2D eigenvalue weighted by molar-refractivity contribution is 7.80. The van der Waals surface area contributed by atoms with Gasteiger partial charge in [0.1, 0.15) is 18.1 Å². The fraction of sp³-hybridized carbons (Fsp3) is 0.647. The summed E-state index contributed by atoms with van der Waals surface area (Å²) in [7, 11) is 0. The number of carbonyl (C=O) groups excluding carboxylic acids is 5. The van der Waals surface area contributed by atoms with E-state index in [0.29, 0.717) is 0 Å². The lowest BCUT2D eigenvalue weighted by Crippen LogP contribution is -2.58. The number of carboxylic acids is 1. The number of rotatable bonds is 14. The highest BCUT2D eigenvalue weighted by Gasteiger charge is 2.32. The summed E-state index contributed by atoms with van der Waals surface area (Å²) in [6.07, 6.45) is -1.11. The topological polar surface area (TPSA) is 237 Å². The van der Waals surface area contributed by atoms with Crippen molar-refractivity contribution in [3.8, 4) is 0 Å². The Morgan fingerprint density at radius 2 is 1.39 bits per heavy atom. The van der Waals surface area contributed by atoms with Gasteiger partial charge in [0.2, 0.25) is 29.5 Å². The average molecular weight is 463 g/mol. The molecule has 0 rings (SSSR count). The second kappa shape index (κ2) is 13.4. The summed E-state index contributed by atoms with van der Waals surface area (Å²) in [5.41, 5.74) is 15.8. The molecule has 31 heavy (non-hydrogen) atoms. The van der Waals surface area contributed by atoms with Crippen molar-refractivity contribution in [2.75, 3.05) is 5.75 Å². The van der Waals surface area contributed by atoms with Crippen LogP contribution in [0.2, 0.25) is 0 Å². The van der Waals surface area contributed by atoms with Gasteiger partial charge in [-0.25, -0.2) is 4.79 Å². The van der Waals surface area contributed by atoms with Gasteiger partial charge in [-0.1, -0.05) is 13.8 Å². The molecule has 5 amide bonds. The maximum Gasteiger partial charge on any atom is 0.326 e. The molecule has 0 aliphatic carbocycles. The van der Waals surface area contributed by atoms with Crippen molar-refractivity contribution < 1.29 is 33.9 Å². The number of primary amides is 2. The van der Waals surface area contributed by atoms with E-state index in [-0.39, 0.29) is 18.6 Å². The number of carbonyl (C=O) groups is 6. The number of aliphatic carboxylic acids is 1. The molecule has 4 atom stereocenters. The molecule has 10 N–H and O–H groups in total. The van der Waals surface area contributed by atoms with Gasteiger partial charge in [0.05, 0.1) is 12.5 Å².